The number of carboxylic acids is 1. The number of carboxylic acid groups (broad SMARTS) is 1. The lowest BCUT2D eigenvalue weighted by molar-refractivity contribution is 0.0696. The predicted molar refractivity (Wildman–Crippen MR) is 75.5 cm³/mol. The normalized spacial score (nSPS) is 10.4. The largest absolute Gasteiger partial charge is 0.478 e. The molecule has 1 rings (SSSR count). The summed E-state index contributed by atoms with van der Waals surface area (Å²) in [7, 11) is 0. The van der Waals surface area contributed by atoms with Crippen molar-refractivity contribution in [3.63, 3.8) is 0 Å². The minimum absolute atomic E-state index is 0.163. The molecule has 0 bridgehead atoms. The molecule has 0 aliphatic rings. The maximum absolute atomic E-state index is 12.0. The number of hydrogen-bond donors (Lipinski definition) is 2. The summed E-state index contributed by atoms with van der Waals surface area (Å²) in [4.78, 5) is 28.6. The lowest BCUT2D eigenvalue weighted by Crippen LogP contribution is -2.41. The number of amides is 2. The summed E-state index contributed by atoms with van der Waals surface area (Å²) in [5.41, 5.74) is 0.692. The van der Waals surface area contributed by atoms with Crippen molar-refractivity contribution in [1.82, 2.24) is 15.2 Å². The van der Waals surface area contributed by atoms with Crippen LogP contribution in [0, 0.1) is 5.92 Å². The number of nitrogens with zero attached hydrogens (tertiary/aromatic N) is 2. The lowest BCUT2D eigenvalue weighted by atomic mass is 10.2. The zero-order valence-corrected chi connectivity index (χ0v) is 12.1. The topological polar surface area (TPSA) is 82.5 Å². The van der Waals surface area contributed by atoms with E-state index in [9.17, 15) is 9.59 Å². The van der Waals surface area contributed by atoms with Gasteiger partial charge in [0.2, 0.25) is 0 Å². The first kappa shape index (κ1) is 15.9. The molecule has 0 saturated carbocycles. The fraction of sp³-hybridized carbons (Fsp3) is 0.500. The molecule has 1 heterocycles. The molecular formula is C14H21N3O3. The van der Waals surface area contributed by atoms with Gasteiger partial charge in [0.1, 0.15) is 0 Å². The summed E-state index contributed by atoms with van der Waals surface area (Å²) in [5.74, 6) is -0.607. The van der Waals surface area contributed by atoms with Crippen molar-refractivity contribution < 1.29 is 14.7 Å². The highest BCUT2D eigenvalue weighted by atomic mass is 16.4. The third-order valence-electron chi connectivity index (χ3n) is 2.74. The highest BCUT2D eigenvalue weighted by Gasteiger charge is 2.13. The van der Waals surface area contributed by atoms with E-state index in [0.29, 0.717) is 24.7 Å². The van der Waals surface area contributed by atoms with Crippen LogP contribution < -0.4 is 5.32 Å². The maximum atomic E-state index is 12.0. The van der Waals surface area contributed by atoms with Crippen molar-refractivity contribution in [3.8, 4) is 0 Å². The van der Waals surface area contributed by atoms with E-state index in [1.165, 1.54) is 18.3 Å². The second kappa shape index (κ2) is 7.47. The molecule has 0 unspecified atom stereocenters. The van der Waals surface area contributed by atoms with Gasteiger partial charge in [0.05, 0.1) is 17.8 Å². The number of rotatable bonds is 6. The van der Waals surface area contributed by atoms with Crippen LogP contribution in [0.4, 0.5) is 4.79 Å². The van der Waals surface area contributed by atoms with Crippen molar-refractivity contribution in [1.29, 1.82) is 0 Å². The molecule has 0 aliphatic heterocycles. The number of nitrogens with one attached hydrogen (secondary N) is 1. The minimum atomic E-state index is -1.00. The van der Waals surface area contributed by atoms with Crippen molar-refractivity contribution in [2.24, 2.45) is 5.92 Å². The van der Waals surface area contributed by atoms with Gasteiger partial charge in [-0.2, -0.15) is 0 Å². The number of urea groups is 1. The molecule has 0 saturated heterocycles. The van der Waals surface area contributed by atoms with Gasteiger partial charge >= 0.3 is 12.0 Å². The molecule has 20 heavy (non-hydrogen) atoms. The average molecular weight is 279 g/mol. The summed E-state index contributed by atoms with van der Waals surface area (Å²) in [5, 5.41) is 11.6. The third kappa shape index (κ3) is 4.87. The number of carbonyl (C=O) groups is 2. The Morgan fingerprint density at radius 1 is 1.45 bits per heavy atom. The van der Waals surface area contributed by atoms with E-state index in [0.717, 1.165) is 0 Å². The fourth-order valence-electron chi connectivity index (χ4n) is 1.78. The van der Waals surface area contributed by atoms with Crippen molar-refractivity contribution in [3.05, 3.63) is 29.6 Å². The maximum Gasteiger partial charge on any atom is 0.335 e. The smallest absolute Gasteiger partial charge is 0.335 e. The van der Waals surface area contributed by atoms with Gasteiger partial charge in [-0.05, 0) is 25.0 Å². The van der Waals surface area contributed by atoms with Gasteiger partial charge in [0.25, 0.3) is 0 Å². The molecule has 2 amide bonds. The number of carbonyl (C=O) groups excluding carboxylic acids is 1. The molecule has 0 spiro atoms. The molecular weight excluding hydrogens is 258 g/mol. The van der Waals surface area contributed by atoms with Gasteiger partial charge in [-0.1, -0.05) is 13.8 Å². The first-order chi connectivity index (χ1) is 9.43. The number of hydrogen-bond acceptors (Lipinski definition) is 3. The molecule has 6 heteroatoms. The van der Waals surface area contributed by atoms with Gasteiger partial charge in [0, 0.05) is 19.3 Å². The number of aromatic carboxylic acids is 1. The molecule has 0 atom stereocenters. The second-order valence-corrected chi connectivity index (χ2v) is 4.93. The zero-order valence-electron chi connectivity index (χ0n) is 12.1. The molecule has 1 aromatic heterocycles. The monoisotopic (exact) mass is 279 g/mol. The van der Waals surface area contributed by atoms with Gasteiger partial charge in [-0.3, -0.25) is 4.98 Å². The summed E-state index contributed by atoms with van der Waals surface area (Å²) in [6.07, 6.45) is 1.43. The number of aromatic nitrogens is 1. The predicted octanol–water partition coefficient (Wildman–Crippen LogP) is 1.97. The van der Waals surface area contributed by atoms with E-state index in [2.05, 4.69) is 10.3 Å². The molecule has 0 radical (unpaired) electrons. The van der Waals surface area contributed by atoms with Gasteiger partial charge in [-0.25, -0.2) is 9.59 Å². The standard InChI is InChI=1S/C14H21N3O3/c1-4-17(9-10(2)3)14(20)16-8-12-7-11(13(18)19)5-6-15-12/h5-7,10H,4,8-9H2,1-3H3,(H,16,20)(H,18,19). The molecule has 1 aromatic rings. The summed E-state index contributed by atoms with van der Waals surface area (Å²) in [6.45, 7) is 7.55. The summed E-state index contributed by atoms with van der Waals surface area (Å²) >= 11 is 0. The van der Waals surface area contributed by atoms with Crippen LogP contribution in [0.5, 0.6) is 0 Å². The van der Waals surface area contributed by atoms with Crippen LogP contribution in [0.1, 0.15) is 36.8 Å². The summed E-state index contributed by atoms with van der Waals surface area (Å²) in [6, 6.07) is 2.72. The number of pyridine rings is 1. The fourth-order valence-corrected chi connectivity index (χ4v) is 1.78. The molecule has 2 N–H and O–H groups in total. The van der Waals surface area contributed by atoms with E-state index in [-0.39, 0.29) is 18.1 Å². The molecule has 0 aliphatic carbocycles. The van der Waals surface area contributed by atoms with Crippen LogP contribution in [0.25, 0.3) is 0 Å². The average Bonchev–Trinajstić information content (AvgIpc) is 2.42. The van der Waals surface area contributed by atoms with E-state index in [1.807, 2.05) is 20.8 Å². The third-order valence-corrected chi connectivity index (χ3v) is 2.74. The zero-order chi connectivity index (χ0) is 15.1. The highest BCUT2D eigenvalue weighted by Crippen LogP contribution is 2.03. The Hall–Kier alpha value is -2.11. The minimum Gasteiger partial charge on any atom is -0.478 e. The molecule has 0 aromatic carbocycles. The van der Waals surface area contributed by atoms with Crippen LogP contribution in [0.3, 0.4) is 0 Å². The van der Waals surface area contributed by atoms with Crippen LogP contribution in [-0.4, -0.2) is 40.1 Å². The summed E-state index contributed by atoms with van der Waals surface area (Å²) < 4.78 is 0. The highest BCUT2D eigenvalue weighted by molar-refractivity contribution is 5.87. The van der Waals surface area contributed by atoms with E-state index >= 15 is 0 Å². The SMILES string of the molecule is CCN(CC(C)C)C(=O)NCc1cc(C(=O)O)ccn1. The van der Waals surface area contributed by atoms with Crippen molar-refractivity contribution in [2.75, 3.05) is 13.1 Å². The van der Waals surface area contributed by atoms with Crippen LogP contribution in [-0.2, 0) is 6.54 Å². The van der Waals surface area contributed by atoms with Crippen LogP contribution in [0.2, 0.25) is 0 Å². The van der Waals surface area contributed by atoms with Gasteiger partial charge in [0.15, 0.2) is 0 Å². The Balaban J connectivity index is 2.59. The Morgan fingerprint density at radius 3 is 2.70 bits per heavy atom. The van der Waals surface area contributed by atoms with Crippen LogP contribution in [0.15, 0.2) is 18.3 Å². The second-order valence-electron chi connectivity index (χ2n) is 4.93. The Morgan fingerprint density at radius 2 is 2.15 bits per heavy atom. The first-order valence-corrected chi connectivity index (χ1v) is 6.65. The van der Waals surface area contributed by atoms with Crippen molar-refractivity contribution in [2.45, 2.75) is 27.3 Å². The van der Waals surface area contributed by atoms with E-state index in [1.54, 1.807) is 4.90 Å². The van der Waals surface area contributed by atoms with Gasteiger partial charge < -0.3 is 15.3 Å². The molecule has 0 fully saturated rings. The van der Waals surface area contributed by atoms with E-state index < -0.39 is 5.97 Å². The molecule has 110 valence electrons. The lowest BCUT2D eigenvalue weighted by Gasteiger charge is -2.23. The quantitative estimate of drug-likeness (QED) is 0.834. The Kier molecular flexibility index (Phi) is 5.96. The first-order valence-electron chi connectivity index (χ1n) is 6.65. The van der Waals surface area contributed by atoms with Crippen LogP contribution >= 0.6 is 0 Å². The van der Waals surface area contributed by atoms with E-state index in [4.69, 9.17) is 5.11 Å². The van der Waals surface area contributed by atoms with Crippen molar-refractivity contribution >= 4 is 12.0 Å². The van der Waals surface area contributed by atoms with Gasteiger partial charge in [-0.15, -0.1) is 0 Å². The molecule has 6 nitrogen and oxygen atoms in total. The Bertz CT molecular complexity index is 474. The Labute approximate surface area is 118 Å².